The fraction of sp³-hybridized carbons (Fsp3) is 0.444. The summed E-state index contributed by atoms with van der Waals surface area (Å²) in [6.45, 7) is 5.39. The summed E-state index contributed by atoms with van der Waals surface area (Å²) in [7, 11) is 0. The third kappa shape index (κ3) is 4.96. The van der Waals surface area contributed by atoms with Crippen molar-refractivity contribution < 1.29 is 18.7 Å². The second kappa shape index (κ2) is 8.83. The van der Waals surface area contributed by atoms with Crippen LogP contribution in [-0.2, 0) is 22.7 Å². The molecule has 6 nitrogen and oxygen atoms in total. The van der Waals surface area contributed by atoms with E-state index in [-0.39, 0.29) is 18.5 Å². The smallest absolute Gasteiger partial charge is 0.303 e. The van der Waals surface area contributed by atoms with Crippen molar-refractivity contribution >= 4 is 39.1 Å². The molecule has 0 atom stereocenters. The van der Waals surface area contributed by atoms with Gasteiger partial charge in [-0.3, -0.25) is 14.5 Å². The molecule has 1 aliphatic rings. The minimum atomic E-state index is -0.322. The second-order valence-electron chi connectivity index (χ2n) is 6.17. The molecule has 2 aromatic rings. The van der Waals surface area contributed by atoms with Gasteiger partial charge in [-0.25, -0.2) is 0 Å². The zero-order chi connectivity index (χ0) is 18.5. The number of carbonyl (C=O) groups is 2. The average Bonchev–Trinajstić information content (AvgIpc) is 3.16. The van der Waals surface area contributed by atoms with Crippen LogP contribution in [0.3, 0.4) is 0 Å². The second-order valence-corrected chi connectivity index (χ2v) is 7.94. The first-order valence-corrected chi connectivity index (χ1v) is 10.2. The zero-order valence-corrected chi connectivity index (χ0v) is 17.0. The lowest BCUT2D eigenvalue weighted by atomic mass is 10.3. The molecule has 0 spiro atoms. The first-order chi connectivity index (χ1) is 12.5. The van der Waals surface area contributed by atoms with Crippen LogP contribution in [0.2, 0.25) is 0 Å². The van der Waals surface area contributed by atoms with Gasteiger partial charge in [0.05, 0.1) is 6.54 Å². The summed E-state index contributed by atoms with van der Waals surface area (Å²) in [6.07, 6.45) is 0.926. The summed E-state index contributed by atoms with van der Waals surface area (Å²) < 4.78 is 11.5. The highest BCUT2D eigenvalue weighted by Gasteiger charge is 2.23. The Morgan fingerprint density at radius 2 is 2.00 bits per heavy atom. The number of halogens is 1. The van der Waals surface area contributed by atoms with Crippen LogP contribution in [-0.4, -0.2) is 47.9 Å². The van der Waals surface area contributed by atoms with Gasteiger partial charge in [-0.05, 0) is 45.9 Å². The van der Waals surface area contributed by atoms with E-state index in [1.54, 1.807) is 0 Å². The molecule has 0 bridgehead atoms. The molecule has 1 fully saturated rings. The van der Waals surface area contributed by atoms with Gasteiger partial charge < -0.3 is 14.1 Å². The topological polar surface area (TPSA) is 63.0 Å². The quantitative estimate of drug-likeness (QED) is 0.665. The maximum absolute atomic E-state index is 12.7. The first-order valence-electron chi connectivity index (χ1n) is 8.48. The molecule has 3 rings (SSSR count). The predicted molar refractivity (Wildman–Crippen MR) is 102 cm³/mol. The predicted octanol–water partition coefficient (Wildman–Crippen LogP) is 3.51. The molecule has 8 heteroatoms. The summed E-state index contributed by atoms with van der Waals surface area (Å²) in [6, 6.07) is 5.65. The van der Waals surface area contributed by atoms with Crippen molar-refractivity contribution in [2.75, 3.05) is 26.2 Å². The number of ether oxygens (including phenoxy) is 1. The van der Waals surface area contributed by atoms with Crippen LogP contribution in [0.25, 0.3) is 0 Å². The lowest BCUT2D eigenvalue weighted by Crippen LogP contribution is -2.34. The molecule has 0 aliphatic carbocycles. The van der Waals surface area contributed by atoms with Crippen molar-refractivity contribution in [1.82, 2.24) is 9.80 Å². The van der Waals surface area contributed by atoms with E-state index < -0.39 is 0 Å². The van der Waals surface area contributed by atoms with Gasteiger partial charge in [0.15, 0.2) is 0 Å². The molecular formula is C18H21BrN2O4S. The maximum Gasteiger partial charge on any atom is 0.303 e. The van der Waals surface area contributed by atoms with Crippen LogP contribution in [0.5, 0.6) is 0 Å². The van der Waals surface area contributed by atoms with Crippen molar-refractivity contribution in [3.63, 3.8) is 0 Å². The average molecular weight is 441 g/mol. The number of hydrogen-bond donors (Lipinski definition) is 0. The van der Waals surface area contributed by atoms with Crippen LogP contribution >= 0.6 is 27.3 Å². The molecule has 0 unspecified atom stereocenters. The molecule has 0 aromatic carbocycles. The Bertz CT molecular complexity index is 773. The number of furan rings is 1. The Morgan fingerprint density at radius 1 is 1.19 bits per heavy atom. The lowest BCUT2D eigenvalue weighted by molar-refractivity contribution is -0.142. The number of thiophene rings is 1. The van der Waals surface area contributed by atoms with E-state index >= 15 is 0 Å². The molecule has 0 N–H and O–H groups in total. The van der Waals surface area contributed by atoms with Crippen LogP contribution in [0.15, 0.2) is 32.5 Å². The monoisotopic (exact) mass is 440 g/mol. The van der Waals surface area contributed by atoms with Crippen molar-refractivity contribution in [2.24, 2.45) is 0 Å². The van der Waals surface area contributed by atoms with Gasteiger partial charge in [-0.1, -0.05) is 0 Å². The van der Waals surface area contributed by atoms with E-state index in [0.29, 0.717) is 18.8 Å². The summed E-state index contributed by atoms with van der Waals surface area (Å²) in [4.78, 5) is 28.5. The van der Waals surface area contributed by atoms with Gasteiger partial charge in [-0.2, -0.15) is 0 Å². The molecule has 3 heterocycles. The van der Waals surface area contributed by atoms with Crippen molar-refractivity contribution in [3.8, 4) is 0 Å². The largest absolute Gasteiger partial charge is 0.461 e. The molecular weight excluding hydrogens is 420 g/mol. The number of amides is 1. The maximum atomic E-state index is 12.7. The lowest BCUT2D eigenvalue weighted by Gasteiger charge is -2.21. The Balaban J connectivity index is 1.53. The third-order valence-corrected chi connectivity index (χ3v) is 6.03. The number of esters is 1. The van der Waals surface area contributed by atoms with E-state index in [4.69, 9.17) is 9.15 Å². The van der Waals surface area contributed by atoms with Gasteiger partial charge in [0.1, 0.15) is 23.0 Å². The van der Waals surface area contributed by atoms with Gasteiger partial charge >= 0.3 is 5.97 Å². The standard InChI is InChI=1S/C18H21BrN2O4S/c1-13(22)24-12-15-4-3-14(25-15)11-20-6-2-7-21(9-8-20)18(23)17-16(19)5-10-26-17/h3-5,10H,2,6-9,11-12H2,1H3. The van der Waals surface area contributed by atoms with E-state index in [2.05, 4.69) is 20.8 Å². The Kier molecular flexibility index (Phi) is 6.50. The van der Waals surface area contributed by atoms with Crippen LogP contribution in [0.1, 0.15) is 34.5 Å². The normalized spacial score (nSPS) is 15.7. The van der Waals surface area contributed by atoms with Crippen LogP contribution in [0, 0.1) is 0 Å². The van der Waals surface area contributed by atoms with Crippen molar-refractivity contribution in [3.05, 3.63) is 44.4 Å². The highest BCUT2D eigenvalue weighted by Crippen LogP contribution is 2.25. The SMILES string of the molecule is CC(=O)OCc1ccc(CN2CCCN(C(=O)c3sccc3Br)CC2)o1. The molecule has 1 saturated heterocycles. The highest BCUT2D eigenvalue weighted by molar-refractivity contribution is 9.10. The molecule has 2 aromatic heterocycles. The number of nitrogens with zero attached hydrogens (tertiary/aromatic N) is 2. The molecule has 140 valence electrons. The summed E-state index contributed by atoms with van der Waals surface area (Å²) in [5.74, 6) is 1.25. The third-order valence-electron chi connectivity index (χ3n) is 4.20. The van der Waals surface area contributed by atoms with E-state index in [1.807, 2.05) is 28.5 Å². The van der Waals surface area contributed by atoms with Crippen LogP contribution in [0.4, 0.5) is 0 Å². The molecule has 0 saturated carbocycles. The van der Waals surface area contributed by atoms with E-state index in [0.717, 1.165) is 41.2 Å². The van der Waals surface area contributed by atoms with E-state index in [1.165, 1.54) is 18.3 Å². The highest BCUT2D eigenvalue weighted by atomic mass is 79.9. The first kappa shape index (κ1) is 19.1. The fourth-order valence-electron chi connectivity index (χ4n) is 2.90. The van der Waals surface area contributed by atoms with Gasteiger partial charge in [0, 0.05) is 37.6 Å². The molecule has 1 aliphatic heterocycles. The minimum absolute atomic E-state index is 0.0930. The fourth-order valence-corrected chi connectivity index (χ4v) is 4.41. The van der Waals surface area contributed by atoms with E-state index in [9.17, 15) is 9.59 Å². The Morgan fingerprint density at radius 3 is 2.73 bits per heavy atom. The molecule has 1 amide bonds. The molecule has 26 heavy (non-hydrogen) atoms. The zero-order valence-electron chi connectivity index (χ0n) is 14.6. The summed E-state index contributed by atoms with van der Waals surface area (Å²) >= 11 is 4.91. The van der Waals surface area contributed by atoms with Crippen molar-refractivity contribution in [1.29, 1.82) is 0 Å². The van der Waals surface area contributed by atoms with Crippen molar-refractivity contribution in [2.45, 2.75) is 26.5 Å². The Labute approximate surface area is 164 Å². The van der Waals surface area contributed by atoms with Gasteiger partial charge in [0.25, 0.3) is 5.91 Å². The Hall–Kier alpha value is -1.64. The van der Waals surface area contributed by atoms with Gasteiger partial charge in [-0.15, -0.1) is 11.3 Å². The number of rotatable bonds is 5. The number of hydrogen-bond acceptors (Lipinski definition) is 6. The van der Waals surface area contributed by atoms with Crippen LogP contribution < -0.4 is 0 Å². The summed E-state index contributed by atoms with van der Waals surface area (Å²) in [5.41, 5.74) is 0. The van der Waals surface area contributed by atoms with Gasteiger partial charge in [0.2, 0.25) is 0 Å². The summed E-state index contributed by atoms with van der Waals surface area (Å²) in [5, 5.41) is 1.92. The minimum Gasteiger partial charge on any atom is -0.461 e. The number of carbonyl (C=O) groups excluding carboxylic acids is 2. The molecule has 0 radical (unpaired) electrons.